The second-order valence-corrected chi connectivity index (χ2v) is 5.47. The van der Waals surface area contributed by atoms with Gasteiger partial charge in [0.1, 0.15) is 11.3 Å². The lowest BCUT2D eigenvalue weighted by atomic mass is 10.2. The molecule has 1 heterocycles. The van der Waals surface area contributed by atoms with Crippen LogP contribution in [0.5, 0.6) is 5.75 Å². The molecule has 0 unspecified atom stereocenters. The minimum Gasteiger partial charge on any atom is -0.496 e. The summed E-state index contributed by atoms with van der Waals surface area (Å²) in [4.78, 5) is 24.8. The molecular weight excluding hydrogens is 280 g/mol. The zero-order chi connectivity index (χ0) is 14.5. The summed E-state index contributed by atoms with van der Waals surface area (Å²) < 4.78 is 5.03. The number of hydrogen-bond donors (Lipinski definition) is 2. The second-order valence-electron chi connectivity index (χ2n) is 4.25. The van der Waals surface area contributed by atoms with Crippen LogP contribution in [0.15, 0.2) is 18.2 Å². The zero-order valence-electron chi connectivity index (χ0n) is 11.1. The Morgan fingerprint density at radius 3 is 2.65 bits per heavy atom. The van der Waals surface area contributed by atoms with Crippen LogP contribution in [0.4, 0.5) is 10.5 Å². The Labute approximate surface area is 121 Å². The number of thioether (sulfide) groups is 1. The first-order valence-electron chi connectivity index (χ1n) is 6.17. The summed E-state index contributed by atoms with van der Waals surface area (Å²) in [5.41, 5.74) is 0.593. The van der Waals surface area contributed by atoms with Crippen molar-refractivity contribution in [1.82, 2.24) is 4.90 Å². The largest absolute Gasteiger partial charge is 0.496 e. The smallest absolute Gasteiger partial charge is 0.339 e. The Kier molecular flexibility index (Phi) is 4.73. The number of nitrogens with one attached hydrogen (secondary N) is 1. The molecule has 0 aromatic heterocycles. The standard InChI is InChI=1S/C13H16N2O4S/c1-19-11-8-9(2-3-10(11)12(16)17)14-13(18)15-4-6-20-7-5-15/h2-3,8H,4-7H2,1H3,(H,14,18)(H,16,17). The number of carbonyl (C=O) groups is 2. The van der Waals surface area contributed by atoms with Crippen molar-refractivity contribution in [2.75, 3.05) is 37.0 Å². The molecule has 1 aliphatic heterocycles. The maximum absolute atomic E-state index is 12.0. The van der Waals surface area contributed by atoms with Gasteiger partial charge in [-0.1, -0.05) is 0 Å². The quantitative estimate of drug-likeness (QED) is 0.891. The van der Waals surface area contributed by atoms with Crippen LogP contribution in [0.3, 0.4) is 0 Å². The number of anilines is 1. The van der Waals surface area contributed by atoms with Crippen LogP contribution in [0.2, 0.25) is 0 Å². The number of hydrogen-bond acceptors (Lipinski definition) is 4. The van der Waals surface area contributed by atoms with Gasteiger partial charge in [0.05, 0.1) is 7.11 Å². The molecule has 0 saturated carbocycles. The van der Waals surface area contributed by atoms with Crippen molar-refractivity contribution in [2.24, 2.45) is 0 Å². The highest BCUT2D eigenvalue weighted by molar-refractivity contribution is 7.99. The van der Waals surface area contributed by atoms with Crippen LogP contribution in [0.25, 0.3) is 0 Å². The molecule has 0 spiro atoms. The third-order valence-corrected chi connectivity index (χ3v) is 3.92. The highest BCUT2D eigenvalue weighted by atomic mass is 32.2. The number of benzene rings is 1. The average molecular weight is 296 g/mol. The van der Waals surface area contributed by atoms with Gasteiger partial charge in [0.15, 0.2) is 0 Å². The van der Waals surface area contributed by atoms with Gasteiger partial charge in [0, 0.05) is 36.3 Å². The van der Waals surface area contributed by atoms with Gasteiger partial charge in [-0.25, -0.2) is 9.59 Å². The lowest BCUT2D eigenvalue weighted by Crippen LogP contribution is -2.40. The Balaban J connectivity index is 2.09. The van der Waals surface area contributed by atoms with Crippen molar-refractivity contribution in [3.63, 3.8) is 0 Å². The van der Waals surface area contributed by atoms with Crippen LogP contribution < -0.4 is 10.1 Å². The monoisotopic (exact) mass is 296 g/mol. The fourth-order valence-electron chi connectivity index (χ4n) is 1.91. The molecule has 2 rings (SSSR count). The molecule has 1 aromatic rings. The summed E-state index contributed by atoms with van der Waals surface area (Å²) >= 11 is 1.83. The summed E-state index contributed by atoms with van der Waals surface area (Å²) in [6, 6.07) is 4.32. The van der Waals surface area contributed by atoms with Gasteiger partial charge < -0.3 is 20.1 Å². The summed E-state index contributed by atoms with van der Waals surface area (Å²) in [7, 11) is 1.40. The Hall–Kier alpha value is -1.89. The molecule has 1 fully saturated rings. The van der Waals surface area contributed by atoms with E-state index in [1.807, 2.05) is 11.8 Å². The number of amides is 2. The van der Waals surface area contributed by atoms with E-state index in [2.05, 4.69) is 5.32 Å². The number of nitrogens with zero attached hydrogens (tertiary/aromatic N) is 1. The fourth-order valence-corrected chi connectivity index (χ4v) is 2.82. The van der Waals surface area contributed by atoms with E-state index in [4.69, 9.17) is 9.84 Å². The van der Waals surface area contributed by atoms with E-state index in [0.29, 0.717) is 5.69 Å². The molecule has 1 aliphatic rings. The van der Waals surface area contributed by atoms with Gasteiger partial charge in [-0.05, 0) is 12.1 Å². The summed E-state index contributed by atoms with van der Waals surface area (Å²) in [5, 5.41) is 11.8. The number of carboxylic acids is 1. The van der Waals surface area contributed by atoms with Crippen molar-refractivity contribution in [3.05, 3.63) is 23.8 Å². The van der Waals surface area contributed by atoms with E-state index >= 15 is 0 Å². The molecule has 0 aliphatic carbocycles. The maximum Gasteiger partial charge on any atom is 0.339 e. The topological polar surface area (TPSA) is 78.9 Å². The molecular formula is C13H16N2O4S. The van der Waals surface area contributed by atoms with Crippen LogP contribution in [-0.2, 0) is 0 Å². The maximum atomic E-state index is 12.0. The molecule has 6 nitrogen and oxygen atoms in total. The van der Waals surface area contributed by atoms with Gasteiger partial charge in [-0.3, -0.25) is 0 Å². The van der Waals surface area contributed by atoms with Gasteiger partial charge in [-0.15, -0.1) is 0 Å². The minimum atomic E-state index is -1.06. The third kappa shape index (κ3) is 3.36. The number of methoxy groups -OCH3 is 1. The van der Waals surface area contributed by atoms with Crippen LogP contribution in [0, 0.1) is 0 Å². The summed E-state index contributed by atoms with van der Waals surface area (Å²) in [6.07, 6.45) is 0. The third-order valence-electron chi connectivity index (χ3n) is 2.98. The normalized spacial score (nSPS) is 14.8. The first-order valence-corrected chi connectivity index (χ1v) is 7.32. The lowest BCUT2D eigenvalue weighted by Gasteiger charge is -2.26. The average Bonchev–Trinajstić information content (AvgIpc) is 2.47. The van der Waals surface area contributed by atoms with Gasteiger partial charge >= 0.3 is 12.0 Å². The van der Waals surface area contributed by atoms with E-state index in [1.54, 1.807) is 11.0 Å². The molecule has 20 heavy (non-hydrogen) atoms. The number of carboxylic acid groups (broad SMARTS) is 1. The summed E-state index contributed by atoms with van der Waals surface area (Å²) in [5.74, 6) is 1.04. The molecule has 108 valence electrons. The SMILES string of the molecule is COc1cc(NC(=O)N2CCSCC2)ccc1C(=O)O. The van der Waals surface area contributed by atoms with Gasteiger partial charge in [0.25, 0.3) is 0 Å². The number of rotatable bonds is 3. The van der Waals surface area contributed by atoms with Crippen molar-refractivity contribution >= 4 is 29.4 Å². The zero-order valence-corrected chi connectivity index (χ0v) is 11.9. The first-order chi connectivity index (χ1) is 9.61. The van der Waals surface area contributed by atoms with E-state index < -0.39 is 5.97 Å². The number of carbonyl (C=O) groups excluding carboxylic acids is 1. The fraction of sp³-hybridized carbons (Fsp3) is 0.385. The molecule has 0 radical (unpaired) electrons. The first kappa shape index (κ1) is 14.5. The van der Waals surface area contributed by atoms with Crippen molar-refractivity contribution in [1.29, 1.82) is 0 Å². The number of urea groups is 1. The Morgan fingerprint density at radius 1 is 1.35 bits per heavy atom. The van der Waals surface area contributed by atoms with Gasteiger partial charge in [0.2, 0.25) is 0 Å². The Bertz CT molecular complexity index is 515. The molecule has 0 atom stereocenters. The van der Waals surface area contributed by atoms with Crippen LogP contribution in [0.1, 0.15) is 10.4 Å². The Morgan fingerprint density at radius 2 is 2.05 bits per heavy atom. The van der Waals surface area contributed by atoms with E-state index in [1.165, 1.54) is 19.2 Å². The molecule has 0 bridgehead atoms. The van der Waals surface area contributed by atoms with Crippen molar-refractivity contribution < 1.29 is 19.4 Å². The van der Waals surface area contributed by atoms with E-state index in [9.17, 15) is 9.59 Å². The molecule has 1 saturated heterocycles. The minimum absolute atomic E-state index is 0.0693. The van der Waals surface area contributed by atoms with Crippen molar-refractivity contribution in [3.8, 4) is 5.75 Å². The highest BCUT2D eigenvalue weighted by Crippen LogP contribution is 2.23. The molecule has 2 amide bonds. The predicted octanol–water partition coefficient (Wildman–Crippen LogP) is 1.97. The molecule has 2 N–H and O–H groups in total. The number of aromatic carboxylic acids is 1. The highest BCUT2D eigenvalue weighted by Gasteiger charge is 2.18. The molecule has 7 heteroatoms. The lowest BCUT2D eigenvalue weighted by molar-refractivity contribution is 0.0693. The second kappa shape index (κ2) is 6.51. The summed E-state index contributed by atoms with van der Waals surface area (Å²) in [6.45, 7) is 1.45. The molecule has 1 aromatic carbocycles. The number of ether oxygens (including phenoxy) is 1. The predicted molar refractivity (Wildman–Crippen MR) is 77.9 cm³/mol. The van der Waals surface area contributed by atoms with Crippen LogP contribution >= 0.6 is 11.8 Å². The van der Waals surface area contributed by atoms with Gasteiger partial charge in [-0.2, -0.15) is 11.8 Å². The van der Waals surface area contributed by atoms with Crippen molar-refractivity contribution in [2.45, 2.75) is 0 Å². The van der Waals surface area contributed by atoms with E-state index in [0.717, 1.165) is 24.6 Å². The van der Waals surface area contributed by atoms with Crippen LogP contribution in [-0.4, -0.2) is 53.7 Å². The van der Waals surface area contributed by atoms with E-state index in [-0.39, 0.29) is 17.3 Å².